The van der Waals surface area contributed by atoms with Crippen LogP contribution in [0.5, 0.6) is 0 Å². The molecule has 2 aliphatic rings. The lowest BCUT2D eigenvalue weighted by Crippen LogP contribution is -2.39. The van der Waals surface area contributed by atoms with Crippen LogP contribution in [0.4, 0.5) is 0 Å². The Bertz CT molecular complexity index is 266. The smallest absolute Gasteiger partial charge is 0.234 e. The van der Waals surface area contributed by atoms with Crippen molar-refractivity contribution in [1.29, 1.82) is 0 Å². The van der Waals surface area contributed by atoms with Gasteiger partial charge in [0.25, 0.3) is 0 Å². The summed E-state index contributed by atoms with van der Waals surface area (Å²) in [6, 6.07) is 0.636. The maximum absolute atomic E-state index is 11.7. The molecule has 0 aliphatic heterocycles. The fraction of sp³-hybridized carbons (Fsp3) is 0.923. The summed E-state index contributed by atoms with van der Waals surface area (Å²) in [5, 5.41) is 12.5. The molecular weight excluding hydrogens is 216 g/mol. The van der Waals surface area contributed by atoms with Gasteiger partial charge in [0.15, 0.2) is 0 Å². The number of likely N-dealkylation sites (N-methyl/N-ethyl adjacent to an activating group) is 1. The molecule has 0 saturated heterocycles. The van der Waals surface area contributed by atoms with Crippen molar-refractivity contribution in [2.75, 3.05) is 20.1 Å². The fourth-order valence-corrected chi connectivity index (χ4v) is 2.63. The van der Waals surface area contributed by atoms with Crippen molar-refractivity contribution in [3.05, 3.63) is 0 Å². The van der Waals surface area contributed by atoms with E-state index in [-0.39, 0.29) is 12.0 Å². The van der Waals surface area contributed by atoms with E-state index in [9.17, 15) is 9.90 Å². The molecular formula is C13H24N2O2. The molecule has 2 unspecified atom stereocenters. The summed E-state index contributed by atoms with van der Waals surface area (Å²) in [5.41, 5.74) is 0. The highest BCUT2D eigenvalue weighted by atomic mass is 16.3. The summed E-state index contributed by atoms with van der Waals surface area (Å²) in [4.78, 5) is 13.8. The van der Waals surface area contributed by atoms with Crippen molar-refractivity contribution in [3.8, 4) is 0 Å². The summed E-state index contributed by atoms with van der Waals surface area (Å²) in [6.45, 7) is 1.24. The second kappa shape index (κ2) is 5.83. The molecule has 0 aromatic rings. The summed E-state index contributed by atoms with van der Waals surface area (Å²) >= 11 is 0. The van der Waals surface area contributed by atoms with Crippen LogP contribution in [-0.4, -0.2) is 48.2 Å². The molecule has 2 rings (SSSR count). The Morgan fingerprint density at radius 3 is 2.76 bits per heavy atom. The standard InChI is InChI=1S/C13H24N2O2/c1-15(11-5-6-11)9-13(17)14-8-10-3-2-4-12(16)7-10/h10-12,16H,2-9H2,1H3,(H,14,17). The van der Waals surface area contributed by atoms with Crippen LogP contribution < -0.4 is 5.32 Å². The van der Waals surface area contributed by atoms with Crippen LogP contribution in [0.15, 0.2) is 0 Å². The van der Waals surface area contributed by atoms with E-state index in [1.807, 2.05) is 7.05 Å². The van der Waals surface area contributed by atoms with Crippen molar-refractivity contribution >= 4 is 5.91 Å². The Kier molecular flexibility index (Phi) is 4.40. The molecule has 4 heteroatoms. The first-order valence-corrected chi connectivity index (χ1v) is 6.80. The Balaban J connectivity index is 1.61. The molecule has 0 radical (unpaired) electrons. The van der Waals surface area contributed by atoms with Crippen molar-refractivity contribution < 1.29 is 9.90 Å². The summed E-state index contributed by atoms with van der Waals surface area (Å²) < 4.78 is 0. The van der Waals surface area contributed by atoms with Crippen LogP contribution in [0, 0.1) is 5.92 Å². The van der Waals surface area contributed by atoms with E-state index in [4.69, 9.17) is 0 Å². The first-order chi connectivity index (χ1) is 8.15. The molecule has 2 saturated carbocycles. The number of hydrogen-bond donors (Lipinski definition) is 2. The van der Waals surface area contributed by atoms with Gasteiger partial charge in [-0.3, -0.25) is 9.69 Å². The van der Waals surface area contributed by atoms with Gasteiger partial charge in [-0.25, -0.2) is 0 Å². The third-order valence-electron chi connectivity index (χ3n) is 3.91. The van der Waals surface area contributed by atoms with Crippen LogP contribution in [0.25, 0.3) is 0 Å². The largest absolute Gasteiger partial charge is 0.393 e. The molecule has 0 spiro atoms. The van der Waals surface area contributed by atoms with Gasteiger partial charge in [0.2, 0.25) is 5.91 Å². The van der Waals surface area contributed by atoms with E-state index in [0.29, 0.717) is 18.5 Å². The monoisotopic (exact) mass is 240 g/mol. The minimum Gasteiger partial charge on any atom is -0.393 e. The van der Waals surface area contributed by atoms with Gasteiger partial charge in [0, 0.05) is 12.6 Å². The van der Waals surface area contributed by atoms with Gasteiger partial charge >= 0.3 is 0 Å². The first-order valence-electron chi connectivity index (χ1n) is 6.80. The van der Waals surface area contributed by atoms with Crippen LogP contribution in [-0.2, 0) is 4.79 Å². The molecule has 0 aromatic heterocycles. The zero-order chi connectivity index (χ0) is 12.3. The number of amides is 1. The summed E-state index contributed by atoms with van der Waals surface area (Å²) in [5.74, 6) is 0.591. The third kappa shape index (κ3) is 4.28. The predicted molar refractivity (Wildman–Crippen MR) is 66.6 cm³/mol. The Labute approximate surface area is 103 Å². The molecule has 0 aromatic carbocycles. The zero-order valence-corrected chi connectivity index (χ0v) is 10.7. The quantitative estimate of drug-likeness (QED) is 0.745. The molecule has 2 atom stereocenters. The maximum Gasteiger partial charge on any atom is 0.234 e. The van der Waals surface area contributed by atoms with Gasteiger partial charge in [0.05, 0.1) is 12.6 Å². The highest BCUT2D eigenvalue weighted by Crippen LogP contribution is 2.25. The van der Waals surface area contributed by atoms with Gasteiger partial charge in [-0.05, 0) is 45.1 Å². The normalized spacial score (nSPS) is 29.4. The average Bonchev–Trinajstić information content (AvgIpc) is 3.10. The fourth-order valence-electron chi connectivity index (χ4n) is 2.63. The van der Waals surface area contributed by atoms with Crippen LogP contribution in [0.3, 0.4) is 0 Å². The third-order valence-corrected chi connectivity index (χ3v) is 3.91. The number of hydrogen-bond acceptors (Lipinski definition) is 3. The highest BCUT2D eigenvalue weighted by molar-refractivity contribution is 5.78. The minimum absolute atomic E-state index is 0.125. The van der Waals surface area contributed by atoms with E-state index in [2.05, 4.69) is 10.2 Å². The summed E-state index contributed by atoms with van der Waals surface area (Å²) in [7, 11) is 2.02. The molecule has 98 valence electrons. The number of nitrogens with zero attached hydrogens (tertiary/aromatic N) is 1. The highest BCUT2D eigenvalue weighted by Gasteiger charge is 2.27. The lowest BCUT2D eigenvalue weighted by molar-refractivity contribution is -0.122. The molecule has 0 bridgehead atoms. The van der Waals surface area contributed by atoms with Crippen molar-refractivity contribution in [1.82, 2.24) is 10.2 Å². The molecule has 2 aliphatic carbocycles. The maximum atomic E-state index is 11.7. The molecule has 0 heterocycles. The van der Waals surface area contributed by atoms with Crippen molar-refractivity contribution in [3.63, 3.8) is 0 Å². The van der Waals surface area contributed by atoms with E-state index < -0.39 is 0 Å². The van der Waals surface area contributed by atoms with Gasteiger partial charge in [-0.2, -0.15) is 0 Å². The van der Waals surface area contributed by atoms with Crippen LogP contribution in [0.2, 0.25) is 0 Å². The second-order valence-corrected chi connectivity index (χ2v) is 5.64. The van der Waals surface area contributed by atoms with Crippen LogP contribution in [0.1, 0.15) is 38.5 Å². The number of carbonyl (C=O) groups excluding carboxylic acids is 1. The average molecular weight is 240 g/mol. The lowest BCUT2D eigenvalue weighted by Gasteiger charge is -2.26. The number of nitrogens with one attached hydrogen (secondary N) is 1. The Morgan fingerprint density at radius 1 is 1.35 bits per heavy atom. The SMILES string of the molecule is CN(CC(=O)NCC1CCCC(O)C1)C1CC1. The molecule has 1 amide bonds. The Hall–Kier alpha value is -0.610. The Morgan fingerprint density at radius 2 is 2.12 bits per heavy atom. The first kappa shape index (κ1) is 12.8. The number of rotatable bonds is 5. The van der Waals surface area contributed by atoms with Crippen molar-refractivity contribution in [2.45, 2.75) is 50.7 Å². The van der Waals surface area contributed by atoms with E-state index in [0.717, 1.165) is 32.2 Å². The van der Waals surface area contributed by atoms with E-state index >= 15 is 0 Å². The molecule has 4 nitrogen and oxygen atoms in total. The number of carbonyl (C=O) groups is 1. The minimum atomic E-state index is -0.153. The van der Waals surface area contributed by atoms with Crippen LogP contribution >= 0.6 is 0 Å². The van der Waals surface area contributed by atoms with Gasteiger partial charge in [-0.15, -0.1) is 0 Å². The van der Waals surface area contributed by atoms with E-state index in [1.165, 1.54) is 12.8 Å². The number of aliphatic hydroxyl groups excluding tert-OH is 1. The van der Waals surface area contributed by atoms with Gasteiger partial charge in [-0.1, -0.05) is 6.42 Å². The van der Waals surface area contributed by atoms with Gasteiger partial charge < -0.3 is 10.4 Å². The van der Waals surface area contributed by atoms with Crippen molar-refractivity contribution in [2.24, 2.45) is 5.92 Å². The molecule has 17 heavy (non-hydrogen) atoms. The lowest BCUT2D eigenvalue weighted by atomic mass is 9.87. The van der Waals surface area contributed by atoms with Gasteiger partial charge in [0.1, 0.15) is 0 Å². The zero-order valence-electron chi connectivity index (χ0n) is 10.7. The predicted octanol–water partition coefficient (Wildman–Crippen LogP) is 0.748. The molecule has 2 fully saturated rings. The number of aliphatic hydroxyl groups is 1. The molecule has 2 N–H and O–H groups in total. The second-order valence-electron chi connectivity index (χ2n) is 5.64. The topological polar surface area (TPSA) is 52.6 Å². The summed E-state index contributed by atoms with van der Waals surface area (Å²) in [6.07, 6.45) is 6.31. The van der Waals surface area contributed by atoms with E-state index in [1.54, 1.807) is 0 Å².